The molecule has 0 aliphatic carbocycles. The van der Waals surface area contributed by atoms with Crippen LogP contribution in [0.25, 0.3) is 0 Å². The van der Waals surface area contributed by atoms with Crippen LogP contribution in [-0.4, -0.2) is 26.8 Å². The molecule has 216 valence electrons. The van der Waals surface area contributed by atoms with E-state index in [4.69, 9.17) is 14.2 Å². The fraction of sp³-hybridized carbons (Fsp3) is 0.206. The highest BCUT2D eigenvalue weighted by atomic mass is 79.9. The van der Waals surface area contributed by atoms with E-state index < -0.39 is 6.04 Å². The lowest BCUT2D eigenvalue weighted by Crippen LogP contribution is -2.41. The first-order valence-electron chi connectivity index (χ1n) is 13.7. The maximum atomic E-state index is 13.9. The fourth-order valence-corrected chi connectivity index (χ4v) is 5.84. The minimum Gasteiger partial charge on any atom is -0.497 e. The Morgan fingerprint density at radius 1 is 0.786 bits per heavy atom. The number of nitrogens with zero attached hydrogens (tertiary/aromatic N) is 1. The van der Waals surface area contributed by atoms with Gasteiger partial charge in [-0.05, 0) is 90.8 Å². The number of esters is 1. The summed E-state index contributed by atoms with van der Waals surface area (Å²) in [6, 6.07) is 31.6. The summed E-state index contributed by atoms with van der Waals surface area (Å²) in [5.74, 6) is 1.17. The highest BCUT2D eigenvalue weighted by Gasteiger charge is 2.42. The van der Waals surface area contributed by atoms with Crippen molar-refractivity contribution in [3.8, 4) is 11.5 Å². The third kappa shape index (κ3) is 6.50. The number of hydrogen-bond donors (Lipinski definition) is 1. The van der Waals surface area contributed by atoms with Crippen molar-refractivity contribution in [3.05, 3.63) is 128 Å². The van der Waals surface area contributed by atoms with Crippen LogP contribution in [0.15, 0.2) is 117 Å². The van der Waals surface area contributed by atoms with Crippen LogP contribution in [0, 0.1) is 0 Å². The van der Waals surface area contributed by atoms with Gasteiger partial charge in [-0.2, -0.15) is 0 Å². The standard InChI is InChI=1S/C34H32Br2N2O4/c1-4-42-34(39)32-30(37-26-13-9-24(35)10-14-26)21-31(22-5-17-28(40-2)18-6-22)38(27-15-11-25(36)12-16-27)33(32)23-7-19-29(41-3)20-8-23/h5-20,31,33,37H,4,21H2,1-3H3. The van der Waals surface area contributed by atoms with Gasteiger partial charge in [-0.25, -0.2) is 4.79 Å². The lowest BCUT2D eigenvalue weighted by atomic mass is 9.84. The van der Waals surface area contributed by atoms with Gasteiger partial charge >= 0.3 is 5.97 Å². The Labute approximate surface area is 263 Å². The summed E-state index contributed by atoms with van der Waals surface area (Å²) < 4.78 is 18.6. The molecule has 0 fully saturated rings. The van der Waals surface area contributed by atoms with E-state index in [1.807, 2.05) is 79.7 Å². The number of ether oxygens (including phenoxy) is 3. The van der Waals surface area contributed by atoms with Gasteiger partial charge in [-0.3, -0.25) is 0 Å². The van der Waals surface area contributed by atoms with Gasteiger partial charge in [0.1, 0.15) is 11.5 Å². The number of halogens is 2. The Morgan fingerprint density at radius 2 is 1.31 bits per heavy atom. The van der Waals surface area contributed by atoms with E-state index in [2.05, 4.69) is 66.3 Å². The average molecular weight is 692 g/mol. The number of carbonyl (C=O) groups excluding carboxylic acids is 1. The summed E-state index contributed by atoms with van der Waals surface area (Å²) in [4.78, 5) is 16.2. The number of methoxy groups -OCH3 is 2. The number of benzene rings is 4. The third-order valence-electron chi connectivity index (χ3n) is 7.30. The minimum absolute atomic E-state index is 0.125. The van der Waals surface area contributed by atoms with E-state index in [1.54, 1.807) is 14.2 Å². The van der Waals surface area contributed by atoms with Crippen LogP contribution in [0.1, 0.15) is 36.6 Å². The molecule has 2 atom stereocenters. The molecule has 1 aliphatic rings. The largest absolute Gasteiger partial charge is 0.497 e. The molecule has 0 saturated heterocycles. The zero-order valence-electron chi connectivity index (χ0n) is 23.6. The molecule has 0 bridgehead atoms. The molecule has 2 unspecified atom stereocenters. The van der Waals surface area contributed by atoms with E-state index in [0.29, 0.717) is 12.0 Å². The Hall–Kier alpha value is -3.75. The van der Waals surface area contributed by atoms with Crippen molar-refractivity contribution in [2.45, 2.75) is 25.4 Å². The molecule has 0 saturated carbocycles. The highest BCUT2D eigenvalue weighted by Crippen LogP contribution is 2.48. The Morgan fingerprint density at radius 3 is 1.83 bits per heavy atom. The van der Waals surface area contributed by atoms with Crippen LogP contribution in [0.3, 0.4) is 0 Å². The summed E-state index contributed by atoms with van der Waals surface area (Å²) in [6.45, 7) is 2.10. The molecule has 42 heavy (non-hydrogen) atoms. The van der Waals surface area contributed by atoms with Crippen LogP contribution < -0.4 is 19.7 Å². The SMILES string of the molecule is CCOC(=O)C1=C(Nc2ccc(Br)cc2)CC(c2ccc(OC)cc2)N(c2ccc(Br)cc2)C1c1ccc(OC)cc1. The minimum atomic E-state index is -0.463. The summed E-state index contributed by atoms with van der Waals surface area (Å²) in [7, 11) is 3.31. The van der Waals surface area contributed by atoms with Gasteiger partial charge in [-0.1, -0.05) is 56.1 Å². The number of nitrogens with one attached hydrogen (secondary N) is 1. The lowest BCUT2D eigenvalue weighted by molar-refractivity contribution is -0.139. The van der Waals surface area contributed by atoms with Crippen molar-refractivity contribution in [1.82, 2.24) is 0 Å². The van der Waals surface area contributed by atoms with Gasteiger partial charge in [0.15, 0.2) is 0 Å². The van der Waals surface area contributed by atoms with Crippen molar-refractivity contribution < 1.29 is 19.0 Å². The lowest BCUT2D eigenvalue weighted by Gasteiger charge is -2.46. The quantitative estimate of drug-likeness (QED) is 0.177. The van der Waals surface area contributed by atoms with E-state index in [-0.39, 0.29) is 18.6 Å². The number of rotatable bonds is 9. The number of hydrogen-bond acceptors (Lipinski definition) is 6. The molecule has 8 heteroatoms. The Bertz CT molecular complexity index is 1540. The van der Waals surface area contributed by atoms with Crippen LogP contribution in [-0.2, 0) is 9.53 Å². The predicted molar refractivity (Wildman–Crippen MR) is 174 cm³/mol. The van der Waals surface area contributed by atoms with Crippen molar-refractivity contribution in [1.29, 1.82) is 0 Å². The second kappa shape index (κ2) is 13.5. The predicted octanol–water partition coefficient (Wildman–Crippen LogP) is 8.85. The van der Waals surface area contributed by atoms with E-state index in [1.165, 1.54) is 0 Å². The second-order valence-corrected chi connectivity index (χ2v) is 11.6. The zero-order chi connectivity index (χ0) is 29.6. The molecule has 0 amide bonds. The molecule has 0 radical (unpaired) electrons. The van der Waals surface area contributed by atoms with Crippen molar-refractivity contribution in [2.75, 3.05) is 31.0 Å². The first kappa shape index (κ1) is 29.7. The smallest absolute Gasteiger partial charge is 0.338 e. The first-order valence-corrected chi connectivity index (χ1v) is 15.2. The molecular formula is C34H32Br2N2O4. The van der Waals surface area contributed by atoms with Crippen LogP contribution in [0.2, 0.25) is 0 Å². The molecule has 6 nitrogen and oxygen atoms in total. The summed E-state index contributed by atoms with van der Waals surface area (Å²) >= 11 is 7.11. The van der Waals surface area contributed by atoms with Gasteiger partial charge in [0, 0.05) is 32.4 Å². The molecule has 5 rings (SSSR count). The summed E-state index contributed by atoms with van der Waals surface area (Å²) in [6.07, 6.45) is 0.541. The molecule has 0 aromatic heterocycles. The first-order chi connectivity index (χ1) is 20.4. The Kier molecular flexibility index (Phi) is 9.55. The van der Waals surface area contributed by atoms with Gasteiger partial charge in [0.2, 0.25) is 0 Å². The van der Waals surface area contributed by atoms with Crippen molar-refractivity contribution >= 4 is 49.2 Å². The molecule has 1 N–H and O–H groups in total. The molecule has 1 heterocycles. The normalized spacial score (nSPS) is 16.6. The number of anilines is 2. The number of carbonyl (C=O) groups is 1. The Balaban J connectivity index is 1.76. The fourth-order valence-electron chi connectivity index (χ4n) is 5.32. The van der Waals surface area contributed by atoms with E-state index in [0.717, 1.165) is 48.6 Å². The highest BCUT2D eigenvalue weighted by molar-refractivity contribution is 9.10. The second-order valence-electron chi connectivity index (χ2n) is 9.80. The summed E-state index contributed by atoms with van der Waals surface area (Å²) in [5, 5.41) is 3.60. The topological polar surface area (TPSA) is 60.0 Å². The van der Waals surface area contributed by atoms with E-state index in [9.17, 15) is 4.79 Å². The van der Waals surface area contributed by atoms with Gasteiger partial charge < -0.3 is 24.4 Å². The van der Waals surface area contributed by atoms with Gasteiger partial charge in [0.05, 0.1) is 38.5 Å². The monoisotopic (exact) mass is 690 g/mol. The average Bonchev–Trinajstić information content (AvgIpc) is 3.02. The van der Waals surface area contributed by atoms with Crippen molar-refractivity contribution in [3.63, 3.8) is 0 Å². The summed E-state index contributed by atoms with van der Waals surface area (Å²) in [5.41, 5.74) is 5.27. The van der Waals surface area contributed by atoms with Crippen molar-refractivity contribution in [2.24, 2.45) is 0 Å². The van der Waals surface area contributed by atoms with Crippen LogP contribution in [0.5, 0.6) is 11.5 Å². The van der Waals surface area contributed by atoms with Gasteiger partial charge in [0.25, 0.3) is 0 Å². The maximum Gasteiger partial charge on any atom is 0.338 e. The molecule has 0 spiro atoms. The molecule has 4 aromatic carbocycles. The van der Waals surface area contributed by atoms with E-state index >= 15 is 0 Å². The third-order valence-corrected chi connectivity index (χ3v) is 8.36. The maximum absolute atomic E-state index is 13.9. The molecule has 1 aliphatic heterocycles. The molecule has 4 aromatic rings. The zero-order valence-corrected chi connectivity index (χ0v) is 26.8. The molecular weight excluding hydrogens is 660 g/mol. The van der Waals surface area contributed by atoms with Crippen LogP contribution in [0.4, 0.5) is 11.4 Å². The van der Waals surface area contributed by atoms with Crippen LogP contribution >= 0.6 is 31.9 Å². The van der Waals surface area contributed by atoms with Gasteiger partial charge in [-0.15, -0.1) is 0 Å².